The van der Waals surface area contributed by atoms with Gasteiger partial charge in [-0.2, -0.15) is 0 Å². The number of thiocarbonyl (C=S) groups is 1. The average Bonchev–Trinajstić information content (AvgIpc) is 3.40. The maximum atomic E-state index is 5.68. The van der Waals surface area contributed by atoms with Crippen LogP contribution in [0, 0.1) is 0 Å². The molecule has 7 heteroatoms. The molecular weight excluding hydrogens is 428 g/mol. The summed E-state index contributed by atoms with van der Waals surface area (Å²) < 4.78 is 0. The van der Waals surface area contributed by atoms with Crippen LogP contribution in [0.15, 0.2) is 53.2 Å². The standard InChI is InChI=1S/C23H24N4S3/c1-14(2)27(15(3)4)23(28)24-16-9-10-17-18(13-16)26-22(20-8-6-12-30-20)21(25-17)19-7-5-11-29-19/h5-15H,1-4H3,(H,24,28). The van der Waals surface area contributed by atoms with Crippen molar-refractivity contribution in [2.75, 3.05) is 5.32 Å². The van der Waals surface area contributed by atoms with Crippen LogP contribution in [0.2, 0.25) is 0 Å². The third-order valence-electron chi connectivity index (χ3n) is 4.77. The molecule has 4 aromatic rings. The number of thiophene rings is 2. The minimum Gasteiger partial charge on any atom is -0.344 e. The molecule has 0 unspecified atom stereocenters. The number of hydrogen-bond donors (Lipinski definition) is 1. The number of benzene rings is 1. The van der Waals surface area contributed by atoms with Crippen molar-refractivity contribution in [2.45, 2.75) is 39.8 Å². The van der Waals surface area contributed by atoms with Crippen molar-refractivity contribution in [3.63, 3.8) is 0 Å². The third-order valence-corrected chi connectivity index (χ3v) is 6.84. The van der Waals surface area contributed by atoms with Gasteiger partial charge in [-0.3, -0.25) is 0 Å². The van der Waals surface area contributed by atoms with Gasteiger partial charge >= 0.3 is 0 Å². The number of aromatic nitrogens is 2. The molecule has 0 saturated heterocycles. The molecule has 0 spiro atoms. The van der Waals surface area contributed by atoms with E-state index in [1.165, 1.54) is 0 Å². The van der Waals surface area contributed by atoms with Gasteiger partial charge in [0, 0.05) is 17.8 Å². The van der Waals surface area contributed by atoms with Crippen LogP contribution in [0.25, 0.3) is 32.2 Å². The molecule has 0 aliphatic heterocycles. The van der Waals surface area contributed by atoms with Gasteiger partial charge in [-0.05, 0) is 81.0 Å². The first-order valence-electron chi connectivity index (χ1n) is 9.93. The lowest BCUT2D eigenvalue weighted by Gasteiger charge is -2.33. The Kier molecular flexibility index (Phi) is 6.13. The fourth-order valence-electron chi connectivity index (χ4n) is 3.56. The molecule has 1 N–H and O–H groups in total. The highest BCUT2D eigenvalue weighted by atomic mass is 32.1. The van der Waals surface area contributed by atoms with Gasteiger partial charge in [0.1, 0.15) is 11.4 Å². The SMILES string of the molecule is CC(C)N(C(=S)Nc1ccc2nc(-c3cccs3)c(-c3cccs3)nc2c1)C(C)C. The molecule has 0 radical (unpaired) electrons. The summed E-state index contributed by atoms with van der Waals surface area (Å²) in [7, 11) is 0. The second kappa shape index (κ2) is 8.79. The lowest BCUT2D eigenvalue weighted by atomic mass is 10.2. The molecule has 0 bridgehead atoms. The van der Waals surface area contributed by atoms with Crippen molar-refractivity contribution < 1.29 is 0 Å². The second-order valence-corrected chi connectivity index (χ2v) is 9.89. The Balaban J connectivity index is 1.74. The predicted octanol–water partition coefficient (Wildman–Crippen LogP) is 6.90. The number of hydrogen-bond acceptors (Lipinski definition) is 5. The number of rotatable bonds is 5. The lowest BCUT2D eigenvalue weighted by molar-refractivity contribution is 0.296. The Morgan fingerprint density at radius 3 is 1.93 bits per heavy atom. The second-order valence-electron chi connectivity index (χ2n) is 7.60. The van der Waals surface area contributed by atoms with E-state index in [-0.39, 0.29) is 0 Å². The fourth-order valence-corrected chi connectivity index (χ4v) is 5.52. The van der Waals surface area contributed by atoms with Crippen molar-refractivity contribution in [3.8, 4) is 21.1 Å². The first kappa shape index (κ1) is 20.9. The van der Waals surface area contributed by atoms with Crippen LogP contribution < -0.4 is 5.32 Å². The predicted molar refractivity (Wildman–Crippen MR) is 134 cm³/mol. The van der Waals surface area contributed by atoms with Crippen molar-refractivity contribution in [3.05, 3.63) is 53.2 Å². The smallest absolute Gasteiger partial charge is 0.173 e. The zero-order chi connectivity index (χ0) is 21.3. The summed E-state index contributed by atoms with van der Waals surface area (Å²) in [5.41, 5.74) is 4.51. The van der Waals surface area contributed by atoms with E-state index in [4.69, 9.17) is 22.2 Å². The third kappa shape index (κ3) is 4.24. The molecule has 0 saturated carbocycles. The van der Waals surface area contributed by atoms with Crippen LogP contribution in [0.3, 0.4) is 0 Å². The molecule has 154 valence electrons. The van der Waals surface area contributed by atoms with Gasteiger partial charge in [0.05, 0.1) is 20.8 Å². The minimum atomic E-state index is 0.323. The Morgan fingerprint density at radius 1 is 0.867 bits per heavy atom. The monoisotopic (exact) mass is 452 g/mol. The van der Waals surface area contributed by atoms with Crippen LogP contribution in [0.4, 0.5) is 5.69 Å². The molecule has 0 aliphatic carbocycles. The highest BCUT2D eigenvalue weighted by Crippen LogP contribution is 2.35. The molecule has 0 fully saturated rings. The summed E-state index contributed by atoms with van der Waals surface area (Å²) in [6.07, 6.45) is 0. The normalized spacial score (nSPS) is 11.4. The van der Waals surface area contributed by atoms with Crippen molar-refractivity contribution >= 4 is 56.7 Å². The molecule has 3 heterocycles. The molecule has 0 atom stereocenters. The number of nitrogens with one attached hydrogen (secondary N) is 1. The maximum Gasteiger partial charge on any atom is 0.173 e. The summed E-state index contributed by atoms with van der Waals surface area (Å²) in [6.45, 7) is 8.61. The molecule has 0 aliphatic rings. The Bertz CT molecular complexity index is 1140. The number of anilines is 1. The molecule has 4 rings (SSSR count). The summed E-state index contributed by atoms with van der Waals surface area (Å²) in [4.78, 5) is 14.4. The summed E-state index contributed by atoms with van der Waals surface area (Å²) in [5, 5.41) is 8.25. The van der Waals surface area contributed by atoms with Crippen molar-refractivity contribution in [1.82, 2.24) is 14.9 Å². The molecule has 30 heavy (non-hydrogen) atoms. The van der Waals surface area contributed by atoms with E-state index in [1.807, 2.05) is 30.3 Å². The lowest BCUT2D eigenvalue weighted by Crippen LogP contribution is -2.44. The van der Waals surface area contributed by atoms with E-state index in [0.29, 0.717) is 12.1 Å². The first-order chi connectivity index (χ1) is 14.4. The van der Waals surface area contributed by atoms with Gasteiger partial charge in [0.15, 0.2) is 5.11 Å². The maximum absolute atomic E-state index is 5.68. The summed E-state index contributed by atoms with van der Waals surface area (Å²) in [5.74, 6) is 0. The van der Waals surface area contributed by atoms with E-state index in [2.05, 4.69) is 60.8 Å². The van der Waals surface area contributed by atoms with Crippen molar-refractivity contribution in [2.24, 2.45) is 0 Å². The van der Waals surface area contributed by atoms with Crippen LogP contribution in [0.1, 0.15) is 27.7 Å². The number of nitrogens with zero attached hydrogens (tertiary/aromatic N) is 3. The zero-order valence-corrected chi connectivity index (χ0v) is 19.9. The molecule has 0 amide bonds. The topological polar surface area (TPSA) is 41.0 Å². The highest BCUT2D eigenvalue weighted by Gasteiger charge is 2.18. The van der Waals surface area contributed by atoms with Gasteiger partial charge in [0.25, 0.3) is 0 Å². The van der Waals surface area contributed by atoms with Crippen molar-refractivity contribution in [1.29, 1.82) is 0 Å². The zero-order valence-electron chi connectivity index (χ0n) is 17.4. The summed E-state index contributed by atoms with van der Waals surface area (Å²) >= 11 is 9.04. The Morgan fingerprint density at radius 2 is 1.43 bits per heavy atom. The Hall–Kier alpha value is -2.35. The van der Waals surface area contributed by atoms with E-state index in [9.17, 15) is 0 Å². The summed E-state index contributed by atoms with van der Waals surface area (Å²) in [6, 6.07) is 15.0. The largest absolute Gasteiger partial charge is 0.344 e. The van der Waals surface area contributed by atoms with Gasteiger partial charge in [-0.1, -0.05) is 12.1 Å². The van der Waals surface area contributed by atoms with Crippen LogP contribution in [-0.2, 0) is 0 Å². The number of fused-ring (bicyclic) bond motifs is 1. The molecule has 1 aromatic carbocycles. The molecule has 3 aromatic heterocycles. The van der Waals surface area contributed by atoms with Gasteiger partial charge < -0.3 is 10.2 Å². The van der Waals surface area contributed by atoms with Crippen LogP contribution in [0.5, 0.6) is 0 Å². The van der Waals surface area contributed by atoms with Gasteiger partial charge in [-0.15, -0.1) is 22.7 Å². The van der Waals surface area contributed by atoms with Crippen LogP contribution in [-0.4, -0.2) is 32.1 Å². The van der Waals surface area contributed by atoms with Gasteiger partial charge in [-0.25, -0.2) is 9.97 Å². The molecule has 4 nitrogen and oxygen atoms in total. The quantitative estimate of drug-likeness (QED) is 0.333. The fraction of sp³-hybridized carbons (Fsp3) is 0.261. The van der Waals surface area contributed by atoms with E-state index >= 15 is 0 Å². The average molecular weight is 453 g/mol. The minimum absolute atomic E-state index is 0.323. The molecular formula is C23H24N4S3. The van der Waals surface area contributed by atoms with E-state index in [1.54, 1.807) is 22.7 Å². The van der Waals surface area contributed by atoms with E-state index in [0.717, 1.165) is 43.0 Å². The van der Waals surface area contributed by atoms with Gasteiger partial charge in [0.2, 0.25) is 0 Å². The van der Waals surface area contributed by atoms with E-state index < -0.39 is 0 Å². The van der Waals surface area contributed by atoms with Crippen LogP contribution >= 0.6 is 34.9 Å². The first-order valence-corrected chi connectivity index (χ1v) is 12.1. The highest BCUT2D eigenvalue weighted by molar-refractivity contribution is 7.80. The Labute approximate surface area is 190 Å².